The van der Waals surface area contributed by atoms with Crippen LogP contribution in [-0.4, -0.2) is 47.2 Å². The number of aromatic hydroxyl groups is 1. The molecule has 1 aromatic heterocycles. The Hall–Kier alpha value is -1.99. The molecule has 0 radical (unpaired) electrons. The molecule has 140 valence electrons. The molecule has 0 unspecified atom stereocenters. The van der Waals surface area contributed by atoms with Crippen LogP contribution in [-0.2, 0) is 22.5 Å². The van der Waals surface area contributed by atoms with E-state index in [-0.39, 0.29) is 17.0 Å². The van der Waals surface area contributed by atoms with Crippen LogP contribution in [0.3, 0.4) is 0 Å². The molecule has 1 N–H and O–H groups in total. The fourth-order valence-electron chi connectivity index (χ4n) is 3.33. The third-order valence-corrected chi connectivity index (χ3v) is 5.93. The first-order valence-corrected chi connectivity index (χ1v) is 9.69. The number of fused-ring (bicyclic) bond motifs is 1. The average molecular weight is 377 g/mol. The van der Waals surface area contributed by atoms with Gasteiger partial charge in [0, 0.05) is 36.8 Å². The Morgan fingerprint density at radius 1 is 1.46 bits per heavy atom. The first-order chi connectivity index (χ1) is 12.4. The second kappa shape index (κ2) is 7.72. The van der Waals surface area contributed by atoms with Gasteiger partial charge in [-0.2, -0.15) is 0 Å². The maximum atomic E-state index is 11.9. The largest absolute Gasteiger partial charge is 0.507 e. The number of thioether (sulfide) groups is 1. The summed E-state index contributed by atoms with van der Waals surface area (Å²) in [5, 5.41) is 11.3. The van der Waals surface area contributed by atoms with E-state index in [1.807, 2.05) is 19.9 Å². The number of aryl methyl sites for hydroxylation is 2. The van der Waals surface area contributed by atoms with Gasteiger partial charge in [0.25, 0.3) is 0 Å². The molecule has 1 fully saturated rings. The Kier molecular flexibility index (Phi) is 5.58. The SMILES string of the molecule is CCc1cc2c(C)cc(=O)oc2c(CN2CCS[C@@H](C(=O)OC)C2)c1O. The van der Waals surface area contributed by atoms with Gasteiger partial charge in [-0.1, -0.05) is 6.92 Å². The lowest BCUT2D eigenvalue weighted by Crippen LogP contribution is -2.41. The first kappa shape index (κ1) is 18.8. The zero-order valence-corrected chi connectivity index (χ0v) is 16.0. The summed E-state index contributed by atoms with van der Waals surface area (Å²) in [6.45, 7) is 5.57. The highest BCUT2D eigenvalue weighted by Gasteiger charge is 2.28. The standard InChI is InChI=1S/C19H23NO5S/c1-4-12-8-13-11(2)7-16(21)25-18(13)14(17(12)22)9-20-5-6-26-15(10-20)19(23)24-3/h7-8,15,22H,4-6,9-10H2,1-3H3/t15-/m1/s1. The lowest BCUT2D eigenvalue weighted by Gasteiger charge is -2.31. The van der Waals surface area contributed by atoms with Gasteiger partial charge in [-0.3, -0.25) is 9.69 Å². The lowest BCUT2D eigenvalue weighted by atomic mass is 9.99. The Labute approximate surface area is 156 Å². The summed E-state index contributed by atoms with van der Waals surface area (Å²) in [4.78, 5) is 25.8. The van der Waals surface area contributed by atoms with Crippen LogP contribution in [0.1, 0.15) is 23.6 Å². The van der Waals surface area contributed by atoms with Gasteiger partial charge < -0.3 is 14.3 Å². The molecule has 6 nitrogen and oxygen atoms in total. The summed E-state index contributed by atoms with van der Waals surface area (Å²) >= 11 is 1.58. The van der Waals surface area contributed by atoms with Crippen LogP contribution in [0.4, 0.5) is 0 Å². The smallest absolute Gasteiger partial charge is 0.336 e. The molecule has 2 heterocycles. The molecule has 0 aliphatic carbocycles. The summed E-state index contributed by atoms with van der Waals surface area (Å²) in [7, 11) is 1.39. The van der Waals surface area contributed by atoms with Crippen molar-refractivity contribution in [2.75, 3.05) is 26.0 Å². The van der Waals surface area contributed by atoms with Gasteiger partial charge >= 0.3 is 11.6 Å². The van der Waals surface area contributed by atoms with E-state index in [9.17, 15) is 14.7 Å². The third-order valence-electron chi connectivity index (χ3n) is 4.77. The monoisotopic (exact) mass is 377 g/mol. The number of esters is 1. The minimum absolute atomic E-state index is 0.168. The summed E-state index contributed by atoms with van der Waals surface area (Å²) in [5.74, 6) is 0.731. The molecule has 0 spiro atoms. The number of phenols is 1. The van der Waals surface area contributed by atoms with Gasteiger partial charge in [-0.15, -0.1) is 11.8 Å². The molecule has 1 aliphatic rings. The number of hydrogen-bond acceptors (Lipinski definition) is 7. The lowest BCUT2D eigenvalue weighted by molar-refractivity contribution is -0.140. The Morgan fingerprint density at radius 3 is 2.92 bits per heavy atom. The molecular weight excluding hydrogens is 354 g/mol. The van der Waals surface area contributed by atoms with Crippen molar-refractivity contribution in [3.8, 4) is 5.75 Å². The van der Waals surface area contributed by atoms with Crippen LogP contribution >= 0.6 is 11.8 Å². The first-order valence-electron chi connectivity index (χ1n) is 8.64. The van der Waals surface area contributed by atoms with Crippen LogP contribution < -0.4 is 5.63 Å². The zero-order valence-electron chi connectivity index (χ0n) is 15.2. The molecule has 7 heteroatoms. The van der Waals surface area contributed by atoms with Crippen LogP contribution in [0.25, 0.3) is 11.0 Å². The van der Waals surface area contributed by atoms with Crippen molar-refractivity contribution in [1.82, 2.24) is 4.90 Å². The van der Waals surface area contributed by atoms with Gasteiger partial charge in [0.15, 0.2) is 0 Å². The van der Waals surface area contributed by atoms with Gasteiger partial charge in [-0.05, 0) is 30.5 Å². The van der Waals surface area contributed by atoms with E-state index < -0.39 is 5.63 Å². The molecule has 3 rings (SSSR count). The van der Waals surface area contributed by atoms with Crippen LogP contribution in [0.5, 0.6) is 5.75 Å². The van der Waals surface area contributed by atoms with Crippen molar-refractivity contribution in [2.24, 2.45) is 0 Å². The summed E-state index contributed by atoms with van der Waals surface area (Å²) in [5.41, 5.74) is 2.25. The van der Waals surface area contributed by atoms with E-state index in [0.29, 0.717) is 30.7 Å². The number of rotatable bonds is 4. The number of methoxy groups -OCH3 is 1. The molecule has 1 aliphatic heterocycles. The highest BCUT2D eigenvalue weighted by atomic mass is 32.2. The molecule has 0 saturated carbocycles. The van der Waals surface area contributed by atoms with Crippen LogP contribution in [0.2, 0.25) is 0 Å². The van der Waals surface area contributed by atoms with E-state index >= 15 is 0 Å². The molecular formula is C19H23NO5S. The Balaban J connectivity index is 2.02. The van der Waals surface area contributed by atoms with Crippen LogP contribution in [0.15, 0.2) is 21.3 Å². The molecule has 0 bridgehead atoms. The second-order valence-corrected chi connectivity index (χ2v) is 7.77. The predicted octanol–water partition coefficient (Wildman–Crippen LogP) is 2.46. The highest BCUT2D eigenvalue weighted by molar-refractivity contribution is 8.00. The number of benzene rings is 1. The number of nitrogens with zero attached hydrogens (tertiary/aromatic N) is 1. The van der Waals surface area contributed by atoms with Gasteiger partial charge in [0.1, 0.15) is 16.6 Å². The number of ether oxygens (including phenoxy) is 1. The predicted molar refractivity (Wildman–Crippen MR) is 102 cm³/mol. The minimum atomic E-state index is -0.429. The molecule has 1 aromatic carbocycles. The maximum absolute atomic E-state index is 11.9. The maximum Gasteiger partial charge on any atom is 0.336 e. The van der Waals surface area contributed by atoms with E-state index in [2.05, 4.69) is 4.90 Å². The van der Waals surface area contributed by atoms with E-state index in [4.69, 9.17) is 9.15 Å². The Bertz CT molecular complexity index is 892. The van der Waals surface area contributed by atoms with E-state index in [1.165, 1.54) is 13.2 Å². The van der Waals surface area contributed by atoms with Crippen molar-refractivity contribution >= 4 is 28.7 Å². The molecule has 1 saturated heterocycles. The number of phenolic OH excluding ortho intramolecular Hbond substituents is 1. The average Bonchev–Trinajstić information content (AvgIpc) is 2.63. The van der Waals surface area contributed by atoms with Gasteiger partial charge in [0.05, 0.1) is 12.7 Å². The van der Waals surface area contributed by atoms with Crippen molar-refractivity contribution in [3.63, 3.8) is 0 Å². The third kappa shape index (κ3) is 3.59. The number of carbonyl (C=O) groups is 1. The summed E-state index contributed by atoms with van der Waals surface area (Å²) < 4.78 is 10.3. The normalized spacial score (nSPS) is 18.2. The van der Waals surface area contributed by atoms with Crippen molar-refractivity contribution in [3.05, 3.63) is 39.2 Å². The fourth-order valence-corrected chi connectivity index (χ4v) is 4.52. The van der Waals surface area contributed by atoms with Crippen molar-refractivity contribution < 1.29 is 19.1 Å². The Morgan fingerprint density at radius 2 is 2.23 bits per heavy atom. The van der Waals surface area contributed by atoms with Gasteiger partial charge in [-0.25, -0.2) is 4.79 Å². The van der Waals surface area contributed by atoms with E-state index in [1.54, 1.807) is 11.8 Å². The molecule has 26 heavy (non-hydrogen) atoms. The fraction of sp³-hybridized carbons (Fsp3) is 0.474. The molecule has 0 amide bonds. The van der Waals surface area contributed by atoms with Crippen LogP contribution in [0, 0.1) is 6.92 Å². The topological polar surface area (TPSA) is 80.0 Å². The zero-order chi connectivity index (χ0) is 18.8. The number of hydrogen-bond donors (Lipinski definition) is 1. The molecule has 2 aromatic rings. The summed E-state index contributed by atoms with van der Waals surface area (Å²) in [6, 6.07) is 3.35. The van der Waals surface area contributed by atoms with Crippen molar-refractivity contribution in [2.45, 2.75) is 32.1 Å². The quantitative estimate of drug-likeness (QED) is 0.647. The number of carbonyl (C=O) groups excluding carboxylic acids is 1. The van der Waals surface area contributed by atoms with Crippen molar-refractivity contribution in [1.29, 1.82) is 0 Å². The van der Waals surface area contributed by atoms with Gasteiger partial charge in [0.2, 0.25) is 0 Å². The minimum Gasteiger partial charge on any atom is -0.507 e. The second-order valence-electron chi connectivity index (χ2n) is 6.46. The highest BCUT2D eigenvalue weighted by Crippen LogP contribution is 2.34. The molecule has 1 atom stereocenters. The van der Waals surface area contributed by atoms with E-state index in [0.717, 1.165) is 28.8 Å². The summed E-state index contributed by atoms with van der Waals surface area (Å²) in [6.07, 6.45) is 0.675.